The maximum atomic E-state index is 2.28. The standard InChI is InChI=1S/C14H25N2.BrH/c1-4-5-6-7-8-11-16-12-9-14(10-13-16)15(2)3;/h9-10,12-13H,4-8,11H2,1-3H3;1H/q+1;/p-1. The van der Waals surface area contributed by atoms with Crippen LogP contribution in [-0.4, -0.2) is 14.1 Å². The second-order valence-electron chi connectivity index (χ2n) is 4.60. The van der Waals surface area contributed by atoms with Crippen LogP contribution in [0.15, 0.2) is 24.5 Å². The van der Waals surface area contributed by atoms with Crippen molar-refractivity contribution in [2.45, 2.75) is 45.6 Å². The van der Waals surface area contributed by atoms with Gasteiger partial charge in [-0.3, -0.25) is 0 Å². The molecule has 0 aliphatic heterocycles. The number of halogens is 1. The van der Waals surface area contributed by atoms with E-state index in [9.17, 15) is 0 Å². The summed E-state index contributed by atoms with van der Waals surface area (Å²) in [5.41, 5.74) is 1.27. The Morgan fingerprint density at radius 1 is 1.00 bits per heavy atom. The van der Waals surface area contributed by atoms with Crippen LogP contribution in [0.2, 0.25) is 0 Å². The average molecular weight is 301 g/mol. The molecule has 0 radical (unpaired) electrons. The summed E-state index contributed by atoms with van der Waals surface area (Å²) in [6, 6.07) is 4.35. The molecule has 17 heavy (non-hydrogen) atoms. The number of aryl methyl sites for hydroxylation is 1. The van der Waals surface area contributed by atoms with Gasteiger partial charge in [0.1, 0.15) is 6.54 Å². The van der Waals surface area contributed by atoms with E-state index in [0.717, 1.165) is 6.54 Å². The van der Waals surface area contributed by atoms with Crippen LogP contribution in [-0.2, 0) is 6.54 Å². The Labute approximate surface area is 116 Å². The fraction of sp³-hybridized carbons (Fsp3) is 0.643. The van der Waals surface area contributed by atoms with Crippen LogP contribution in [0.4, 0.5) is 5.69 Å². The van der Waals surface area contributed by atoms with Gasteiger partial charge in [0.2, 0.25) is 0 Å². The molecule has 0 atom stereocenters. The molecule has 0 aliphatic rings. The van der Waals surface area contributed by atoms with E-state index in [1.807, 2.05) is 0 Å². The molecule has 0 saturated carbocycles. The maximum absolute atomic E-state index is 2.28. The second kappa shape index (κ2) is 9.46. The van der Waals surface area contributed by atoms with Crippen LogP contribution in [0, 0.1) is 0 Å². The Kier molecular flexibility index (Phi) is 9.14. The van der Waals surface area contributed by atoms with Gasteiger partial charge in [0.25, 0.3) is 0 Å². The summed E-state index contributed by atoms with van der Waals surface area (Å²) in [4.78, 5) is 2.13. The van der Waals surface area contributed by atoms with Crippen LogP contribution in [0.1, 0.15) is 39.0 Å². The van der Waals surface area contributed by atoms with Gasteiger partial charge in [-0.25, -0.2) is 4.57 Å². The molecule has 0 unspecified atom stereocenters. The van der Waals surface area contributed by atoms with Crippen LogP contribution >= 0.6 is 0 Å². The molecule has 1 aromatic rings. The molecule has 0 bridgehead atoms. The average Bonchev–Trinajstić information content (AvgIpc) is 2.29. The minimum Gasteiger partial charge on any atom is -1.00 e. The molecule has 3 heteroatoms. The number of nitrogens with zero attached hydrogens (tertiary/aromatic N) is 2. The van der Waals surface area contributed by atoms with Crippen molar-refractivity contribution in [2.24, 2.45) is 0 Å². The van der Waals surface area contributed by atoms with Crippen molar-refractivity contribution in [3.8, 4) is 0 Å². The molecule has 0 N–H and O–H groups in total. The molecule has 0 saturated heterocycles. The van der Waals surface area contributed by atoms with Gasteiger partial charge in [0, 0.05) is 38.3 Å². The van der Waals surface area contributed by atoms with E-state index in [0.29, 0.717) is 0 Å². The Balaban J connectivity index is 0.00000256. The SMILES string of the molecule is CCCCCCC[n+]1ccc(N(C)C)cc1.[Br-]. The fourth-order valence-corrected chi connectivity index (χ4v) is 1.79. The number of aromatic nitrogens is 1. The molecule has 2 nitrogen and oxygen atoms in total. The van der Waals surface area contributed by atoms with Crippen LogP contribution in [0.5, 0.6) is 0 Å². The van der Waals surface area contributed by atoms with Gasteiger partial charge in [0.05, 0.1) is 0 Å². The Hall–Kier alpha value is -0.570. The number of unbranched alkanes of at least 4 members (excludes halogenated alkanes) is 4. The first-order valence-electron chi connectivity index (χ1n) is 6.40. The smallest absolute Gasteiger partial charge is 0.170 e. The monoisotopic (exact) mass is 300 g/mol. The predicted octanol–water partition coefficient (Wildman–Crippen LogP) is 0.0145. The summed E-state index contributed by atoms with van der Waals surface area (Å²) in [5.74, 6) is 0. The molecule has 1 rings (SSSR count). The lowest BCUT2D eigenvalue weighted by Crippen LogP contribution is -3.00. The van der Waals surface area contributed by atoms with Gasteiger partial charge < -0.3 is 21.9 Å². The summed E-state index contributed by atoms with van der Waals surface area (Å²) in [6.07, 6.45) is 11.1. The molecule has 0 spiro atoms. The molecule has 98 valence electrons. The molecule has 0 fully saturated rings. The van der Waals surface area contributed by atoms with Crippen molar-refractivity contribution in [3.63, 3.8) is 0 Å². The first-order valence-corrected chi connectivity index (χ1v) is 6.40. The molecule has 1 aromatic heterocycles. The van der Waals surface area contributed by atoms with E-state index in [-0.39, 0.29) is 17.0 Å². The minimum absolute atomic E-state index is 0. The normalized spacial score (nSPS) is 9.82. The number of hydrogen-bond acceptors (Lipinski definition) is 1. The van der Waals surface area contributed by atoms with Crippen LogP contribution in [0.25, 0.3) is 0 Å². The highest BCUT2D eigenvalue weighted by Gasteiger charge is 2.01. The minimum atomic E-state index is 0. The fourth-order valence-electron chi connectivity index (χ4n) is 1.79. The maximum Gasteiger partial charge on any atom is 0.170 e. The zero-order valence-corrected chi connectivity index (χ0v) is 12.9. The Morgan fingerprint density at radius 2 is 1.59 bits per heavy atom. The molecular weight excluding hydrogens is 276 g/mol. The van der Waals surface area contributed by atoms with E-state index in [1.54, 1.807) is 0 Å². The predicted molar refractivity (Wildman–Crippen MR) is 69.7 cm³/mol. The lowest BCUT2D eigenvalue weighted by Gasteiger charge is -2.10. The second-order valence-corrected chi connectivity index (χ2v) is 4.60. The van der Waals surface area contributed by atoms with E-state index >= 15 is 0 Å². The van der Waals surface area contributed by atoms with E-state index < -0.39 is 0 Å². The number of anilines is 1. The third-order valence-corrected chi connectivity index (χ3v) is 2.91. The van der Waals surface area contributed by atoms with Crippen molar-refractivity contribution in [2.75, 3.05) is 19.0 Å². The molecule has 0 aromatic carbocycles. The number of pyridine rings is 1. The van der Waals surface area contributed by atoms with E-state index in [4.69, 9.17) is 0 Å². The molecule has 0 aliphatic carbocycles. The lowest BCUT2D eigenvalue weighted by molar-refractivity contribution is -0.697. The van der Waals surface area contributed by atoms with E-state index in [2.05, 4.69) is 55.0 Å². The summed E-state index contributed by atoms with van der Waals surface area (Å²) in [7, 11) is 4.15. The highest BCUT2D eigenvalue weighted by molar-refractivity contribution is 5.41. The van der Waals surface area contributed by atoms with Crippen LogP contribution in [0.3, 0.4) is 0 Å². The van der Waals surface area contributed by atoms with Gasteiger partial charge in [0.15, 0.2) is 12.4 Å². The zero-order chi connectivity index (χ0) is 11.8. The third kappa shape index (κ3) is 6.67. The highest BCUT2D eigenvalue weighted by atomic mass is 79.9. The highest BCUT2D eigenvalue weighted by Crippen LogP contribution is 2.06. The first kappa shape index (κ1) is 16.4. The van der Waals surface area contributed by atoms with Crippen molar-refractivity contribution < 1.29 is 21.5 Å². The summed E-state index contributed by atoms with van der Waals surface area (Å²) in [5, 5.41) is 0. The molecular formula is C14H25BrN2. The van der Waals surface area contributed by atoms with Crippen molar-refractivity contribution in [3.05, 3.63) is 24.5 Å². The summed E-state index contributed by atoms with van der Waals surface area (Å²) >= 11 is 0. The van der Waals surface area contributed by atoms with Crippen molar-refractivity contribution in [1.29, 1.82) is 0 Å². The zero-order valence-electron chi connectivity index (χ0n) is 11.3. The number of rotatable bonds is 7. The largest absolute Gasteiger partial charge is 1.00 e. The lowest BCUT2D eigenvalue weighted by atomic mass is 10.1. The van der Waals surface area contributed by atoms with Gasteiger partial charge in [-0.15, -0.1) is 0 Å². The Morgan fingerprint density at radius 3 is 2.12 bits per heavy atom. The quantitative estimate of drug-likeness (QED) is 0.508. The van der Waals surface area contributed by atoms with Crippen LogP contribution < -0.4 is 26.4 Å². The summed E-state index contributed by atoms with van der Waals surface area (Å²) < 4.78 is 2.28. The Bertz CT molecular complexity index is 283. The third-order valence-electron chi connectivity index (χ3n) is 2.91. The van der Waals surface area contributed by atoms with Gasteiger partial charge in [-0.05, 0) is 6.42 Å². The molecule has 1 heterocycles. The topological polar surface area (TPSA) is 7.12 Å². The van der Waals surface area contributed by atoms with Gasteiger partial charge in [-0.2, -0.15) is 0 Å². The first-order chi connectivity index (χ1) is 7.74. The van der Waals surface area contributed by atoms with Crippen molar-refractivity contribution in [1.82, 2.24) is 0 Å². The van der Waals surface area contributed by atoms with Gasteiger partial charge >= 0.3 is 0 Å². The molecule has 0 amide bonds. The van der Waals surface area contributed by atoms with Crippen molar-refractivity contribution >= 4 is 5.69 Å². The van der Waals surface area contributed by atoms with E-state index in [1.165, 1.54) is 37.8 Å². The summed E-state index contributed by atoms with van der Waals surface area (Å²) in [6.45, 7) is 3.41. The number of hydrogen-bond donors (Lipinski definition) is 0. The van der Waals surface area contributed by atoms with Gasteiger partial charge in [-0.1, -0.05) is 26.2 Å².